The Hall–Kier alpha value is -2.34. The highest BCUT2D eigenvalue weighted by Crippen LogP contribution is 2.20. The number of halogens is 1. The summed E-state index contributed by atoms with van der Waals surface area (Å²) in [7, 11) is 0. The summed E-state index contributed by atoms with van der Waals surface area (Å²) < 4.78 is 13.6. The molecule has 0 heterocycles. The molecule has 90 valence electrons. The molecule has 0 atom stereocenters. The fourth-order valence-electron chi connectivity index (χ4n) is 1.68. The van der Waals surface area contributed by atoms with E-state index in [-0.39, 0.29) is 11.7 Å². The number of hydrogen-bond donors (Lipinski definition) is 1. The first kappa shape index (κ1) is 12.1. The fourth-order valence-corrected chi connectivity index (χ4v) is 1.68. The highest BCUT2D eigenvalue weighted by Gasteiger charge is 2.02. The molecule has 2 nitrogen and oxygen atoms in total. The van der Waals surface area contributed by atoms with Gasteiger partial charge in [0.2, 0.25) is 5.91 Å². The minimum atomic E-state index is -0.252. The van der Waals surface area contributed by atoms with E-state index in [2.05, 4.69) is 17.2 Å². The summed E-state index contributed by atoms with van der Waals surface area (Å²) in [5.74, 6) is 5.41. The number of amides is 1. The molecule has 0 aromatic heterocycles. The molecule has 0 unspecified atom stereocenters. The van der Waals surface area contributed by atoms with Crippen molar-refractivity contribution in [1.82, 2.24) is 5.32 Å². The van der Waals surface area contributed by atoms with Crippen LogP contribution in [0.1, 0.15) is 12.5 Å². The van der Waals surface area contributed by atoms with Gasteiger partial charge in [-0.2, -0.15) is 0 Å². The summed E-state index contributed by atoms with van der Waals surface area (Å²) >= 11 is 0. The first-order valence-electron chi connectivity index (χ1n) is 5.59. The maximum Gasteiger partial charge on any atom is 0.217 e. The Morgan fingerprint density at radius 1 is 1.22 bits per heavy atom. The Morgan fingerprint density at radius 3 is 2.67 bits per heavy atom. The van der Waals surface area contributed by atoms with Crippen LogP contribution in [0.4, 0.5) is 4.39 Å². The molecule has 2 aromatic carbocycles. The molecule has 2 rings (SSSR count). The maximum absolute atomic E-state index is 13.6. The van der Waals surface area contributed by atoms with Gasteiger partial charge in [0.25, 0.3) is 0 Å². The Morgan fingerprint density at radius 2 is 1.94 bits per heavy atom. The van der Waals surface area contributed by atoms with Gasteiger partial charge in [0.05, 0.1) is 6.54 Å². The SMILES string of the molecule is CC(=O)NCC#Cc1ccc(F)c2ccccc12. The van der Waals surface area contributed by atoms with Gasteiger partial charge in [0.1, 0.15) is 5.82 Å². The Kier molecular flexibility index (Phi) is 3.59. The molecule has 0 aliphatic heterocycles. The van der Waals surface area contributed by atoms with Crippen LogP contribution in [0.5, 0.6) is 0 Å². The van der Waals surface area contributed by atoms with E-state index in [9.17, 15) is 9.18 Å². The van der Waals surface area contributed by atoms with E-state index in [1.165, 1.54) is 13.0 Å². The quantitative estimate of drug-likeness (QED) is 0.763. The van der Waals surface area contributed by atoms with Crippen molar-refractivity contribution in [3.63, 3.8) is 0 Å². The summed E-state index contributed by atoms with van der Waals surface area (Å²) in [5.41, 5.74) is 0.761. The van der Waals surface area contributed by atoms with E-state index in [4.69, 9.17) is 0 Å². The topological polar surface area (TPSA) is 29.1 Å². The van der Waals surface area contributed by atoms with Crippen molar-refractivity contribution in [1.29, 1.82) is 0 Å². The predicted molar refractivity (Wildman–Crippen MR) is 69.5 cm³/mol. The third kappa shape index (κ3) is 2.67. The molecule has 1 amide bonds. The van der Waals surface area contributed by atoms with Gasteiger partial charge >= 0.3 is 0 Å². The van der Waals surface area contributed by atoms with Gasteiger partial charge in [-0.15, -0.1) is 0 Å². The average Bonchev–Trinajstić information content (AvgIpc) is 2.37. The number of hydrogen-bond acceptors (Lipinski definition) is 1. The van der Waals surface area contributed by atoms with Crippen LogP contribution >= 0.6 is 0 Å². The second-order valence-corrected chi connectivity index (χ2v) is 3.85. The third-order valence-electron chi connectivity index (χ3n) is 2.52. The lowest BCUT2D eigenvalue weighted by atomic mass is 10.0. The fraction of sp³-hybridized carbons (Fsp3) is 0.133. The number of rotatable bonds is 1. The molecule has 0 radical (unpaired) electrons. The van der Waals surface area contributed by atoms with E-state index in [1.807, 2.05) is 12.1 Å². The highest BCUT2D eigenvalue weighted by molar-refractivity contribution is 5.88. The standard InChI is InChI=1S/C15H12FNO/c1-11(18)17-10-4-5-12-8-9-15(16)14-7-3-2-6-13(12)14/h2-3,6-9H,10H2,1H3,(H,17,18). The van der Waals surface area contributed by atoms with E-state index in [0.717, 1.165) is 10.9 Å². The second kappa shape index (κ2) is 5.33. The Labute approximate surface area is 105 Å². The van der Waals surface area contributed by atoms with E-state index >= 15 is 0 Å². The maximum atomic E-state index is 13.6. The van der Waals surface area contributed by atoms with Crippen molar-refractivity contribution in [2.24, 2.45) is 0 Å². The molecule has 0 saturated carbocycles. The minimum absolute atomic E-state index is 0.117. The number of benzene rings is 2. The molecule has 2 aromatic rings. The van der Waals surface area contributed by atoms with Crippen molar-refractivity contribution in [2.45, 2.75) is 6.92 Å². The first-order chi connectivity index (χ1) is 8.68. The van der Waals surface area contributed by atoms with Gasteiger partial charge in [0, 0.05) is 23.3 Å². The van der Waals surface area contributed by atoms with Gasteiger partial charge in [-0.3, -0.25) is 4.79 Å². The molecule has 0 bridgehead atoms. The molecule has 18 heavy (non-hydrogen) atoms. The van der Waals surface area contributed by atoms with Gasteiger partial charge in [-0.25, -0.2) is 4.39 Å². The number of fused-ring (bicyclic) bond motifs is 1. The molecule has 0 spiro atoms. The zero-order valence-electron chi connectivity index (χ0n) is 9.96. The summed E-state index contributed by atoms with van der Waals surface area (Å²) in [6.45, 7) is 1.73. The zero-order valence-corrected chi connectivity index (χ0v) is 9.96. The lowest BCUT2D eigenvalue weighted by Gasteiger charge is -2.01. The van der Waals surface area contributed by atoms with Crippen LogP contribution in [0.2, 0.25) is 0 Å². The normalized spacial score (nSPS) is 9.67. The molecule has 0 aliphatic carbocycles. The monoisotopic (exact) mass is 241 g/mol. The van der Waals surface area contributed by atoms with Gasteiger partial charge in [0.15, 0.2) is 0 Å². The van der Waals surface area contributed by atoms with Crippen molar-refractivity contribution in [3.05, 3.63) is 47.8 Å². The Bertz CT molecular complexity index is 652. The largest absolute Gasteiger partial charge is 0.345 e. The van der Waals surface area contributed by atoms with Crippen molar-refractivity contribution >= 4 is 16.7 Å². The first-order valence-corrected chi connectivity index (χ1v) is 5.59. The van der Waals surface area contributed by atoms with Crippen molar-refractivity contribution < 1.29 is 9.18 Å². The van der Waals surface area contributed by atoms with Crippen LogP contribution in [0, 0.1) is 17.7 Å². The highest BCUT2D eigenvalue weighted by atomic mass is 19.1. The summed E-state index contributed by atoms with van der Waals surface area (Å²) in [6.07, 6.45) is 0. The number of carbonyl (C=O) groups excluding carboxylic acids is 1. The zero-order chi connectivity index (χ0) is 13.0. The van der Waals surface area contributed by atoms with Crippen molar-refractivity contribution in [2.75, 3.05) is 6.54 Å². The lowest BCUT2D eigenvalue weighted by Crippen LogP contribution is -2.19. The van der Waals surface area contributed by atoms with Crippen LogP contribution in [-0.4, -0.2) is 12.5 Å². The lowest BCUT2D eigenvalue weighted by molar-refractivity contribution is -0.118. The summed E-state index contributed by atoms with van der Waals surface area (Å²) in [6, 6.07) is 10.3. The van der Waals surface area contributed by atoms with Crippen LogP contribution < -0.4 is 5.32 Å². The van der Waals surface area contributed by atoms with E-state index in [1.54, 1.807) is 18.2 Å². The average molecular weight is 241 g/mol. The van der Waals surface area contributed by atoms with Crippen LogP contribution in [0.15, 0.2) is 36.4 Å². The van der Waals surface area contributed by atoms with Crippen molar-refractivity contribution in [3.8, 4) is 11.8 Å². The Balaban J connectivity index is 2.34. The molecular weight excluding hydrogens is 229 g/mol. The van der Waals surface area contributed by atoms with Crippen LogP contribution in [0.25, 0.3) is 10.8 Å². The van der Waals surface area contributed by atoms with Gasteiger partial charge in [-0.05, 0) is 12.1 Å². The predicted octanol–water partition coefficient (Wildman–Crippen LogP) is 2.47. The minimum Gasteiger partial charge on any atom is -0.345 e. The molecule has 0 saturated heterocycles. The van der Waals surface area contributed by atoms with Gasteiger partial charge in [-0.1, -0.05) is 36.1 Å². The molecular formula is C15H12FNO. The summed E-state index contributed by atoms with van der Waals surface area (Å²) in [4.78, 5) is 10.7. The second-order valence-electron chi connectivity index (χ2n) is 3.85. The van der Waals surface area contributed by atoms with E-state index in [0.29, 0.717) is 11.9 Å². The molecule has 3 heteroatoms. The molecule has 1 N–H and O–H groups in total. The molecule has 0 fully saturated rings. The van der Waals surface area contributed by atoms with Gasteiger partial charge < -0.3 is 5.32 Å². The number of nitrogens with one attached hydrogen (secondary N) is 1. The smallest absolute Gasteiger partial charge is 0.217 e. The van der Waals surface area contributed by atoms with Crippen LogP contribution in [-0.2, 0) is 4.79 Å². The molecule has 0 aliphatic rings. The van der Waals surface area contributed by atoms with Crippen LogP contribution in [0.3, 0.4) is 0 Å². The van der Waals surface area contributed by atoms with E-state index < -0.39 is 0 Å². The number of carbonyl (C=O) groups is 1. The summed E-state index contributed by atoms with van der Waals surface area (Å²) in [5, 5.41) is 3.93. The third-order valence-corrected chi connectivity index (χ3v) is 2.52.